The van der Waals surface area contributed by atoms with E-state index in [1.807, 2.05) is 0 Å². The number of allylic oxidation sites excluding steroid dienone is 2. The number of carbonyl (C=O) groups excluding carboxylic acids is 1. The SMILES string of the molecule is CN(CC12CC3CC(CC(C3)C1)C2)C(=O)CC1C=CCC1. The first kappa shape index (κ1) is 13.8. The topological polar surface area (TPSA) is 20.3 Å². The fourth-order valence-corrected chi connectivity index (χ4v) is 6.32. The van der Waals surface area contributed by atoms with E-state index in [2.05, 4.69) is 24.1 Å². The van der Waals surface area contributed by atoms with Crippen LogP contribution >= 0.6 is 0 Å². The molecule has 0 radical (unpaired) electrons. The fraction of sp³-hybridized carbons (Fsp3) is 0.842. The van der Waals surface area contributed by atoms with Gasteiger partial charge in [-0.2, -0.15) is 0 Å². The van der Waals surface area contributed by atoms with Crippen LogP contribution in [0.1, 0.15) is 57.8 Å². The maximum absolute atomic E-state index is 12.5. The Hall–Kier alpha value is -0.790. The van der Waals surface area contributed by atoms with E-state index in [0.29, 0.717) is 17.2 Å². The first-order chi connectivity index (χ1) is 10.1. The maximum atomic E-state index is 12.5. The monoisotopic (exact) mass is 287 g/mol. The molecule has 4 fully saturated rings. The molecule has 2 nitrogen and oxygen atoms in total. The molecule has 0 heterocycles. The van der Waals surface area contributed by atoms with Gasteiger partial charge < -0.3 is 4.90 Å². The van der Waals surface area contributed by atoms with Gasteiger partial charge in [0.15, 0.2) is 0 Å². The van der Waals surface area contributed by atoms with E-state index in [9.17, 15) is 4.79 Å². The Labute approximate surface area is 129 Å². The van der Waals surface area contributed by atoms with Crippen molar-refractivity contribution in [2.75, 3.05) is 13.6 Å². The normalized spacial score (nSPS) is 43.5. The molecule has 4 saturated carbocycles. The second-order valence-electron chi connectivity index (χ2n) is 8.64. The van der Waals surface area contributed by atoms with Crippen molar-refractivity contribution in [2.24, 2.45) is 29.1 Å². The summed E-state index contributed by atoms with van der Waals surface area (Å²) < 4.78 is 0. The lowest BCUT2D eigenvalue weighted by Crippen LogP contribution is -2.51. The molecule has 1 atom stereocenters. The van der Waals surface area contributed by atoms with Crippen molar-refractivity contribution in [2.45, 2.75) is 57.8 Å². The maximum Gasteiger partial charge on any atom is 0.222 e. The molecule has 0 aliphatic heterocycles. The molecule has 116 valence electrons. The van der Waals surface area contributed by atoms with Crippen LogP contribution < -0.4 is 0 Å². The van der Waals surface area contributed by atoms with Crippen molar-refractivity contribution in [3.8, 4) is 0 Å². The number of hydrogen-bond acceptors (Lipinski definition) is 1. The van der Waals surface area contributed by atoms with E-state index >= 15 is 0 Å². The van der Waals surface area contributed by atoms with Crippen molar-refractivity contribution in [3.05, 3.63) is 12.2 Å². The van der Waals surface area contributed by atoms with Gasteiger partial charge in [0, 0.05) is 20.0 Å². The van der Waals surface area contributed by atoms with Crippen LogP contribution in [0.2, 0.25) is 0 Å². The molecular formula is C19H29NO. The van der Waals surface area contributed by atoms with Crippen molar-refractivity contribution >= 4 is 5.91 Å². The lowest BCUT2D eigenvalue weighted by Gasteiger charge is -2.57. The Kier molecular flexibility index (Phi) is 3.39. The zero-order valence-corrected chi connectivity index (χ0v) is 13.4. The van der Waals surface area contributed by atoms with Gasteiger partial charge >= 0.3 is 0 Å². The predicted molar refractivity (Wildman–Crippen MR) is 84.7 cm³/mol. The van der Waals surface area contributed by atoms with Crippen LogP contribution in [0, 0.1) is 29.1 Å². The van der Waals surface area contributed by atoms with Crippen LogP contribution in [0.3, 0.4) is 0 Å². The largest absolute Gasteiger partial charge is 0.345 e. The summed E-state index contributed by atoms with van der Waals surface area (Å²) in [5, 5.41) is 0. The van der Waals surface area contributed by atoms with E-state index in [0.717, 1.165) is 37.1 Å². The minimum Gasteiger partial charge on any atom is -0.345 e. The third kappa shape index (κ3) is 2.66. The Bertz CT molecular complexity index is 417. The number of amides is 1. The van der Waals surface area contributed by atoms with E-state index < -0.39 is 0 Å². The third-order valence-corrected chi connectivity index (χ3v) is 6.71. The average Bonchev–Trinajstić information content (AvgIpc) is 2.89. The summed E-state index contributed by atoms with van der Waals surface area (Å²) in [6.45, 7) is 1.03. The van der Waals surface area contributed by atoms with E-state index in [1.165, 1.54) is 44.9 Å². The Morgan fingerprint density at radius 2 is 1.76 bits per heavy atom. The van der Waals surface area contributed by atoms with Crippen LogP contribution in [0.25, 0.3) is 0 Å². The molecule has 0 aromatic carbocycles. The number of nitrogens with zero attached hydrogens (tertiary/aromatic N) is 1. The van der Waals surface area contributed by atoms with Crippen LogP contribution in [-0.4, -0.2) is 24.4 Å². The zero-order valence-electron chi connectivity index (χ0n) is 13.4. The van der Waals surface area contributed by atoms with Crippen molar-refractivity contribution in [3.63, 3.8) is 0 Å². The summed E-state index contributed by atoms with van der Waals surface area (Å²) in [7, 11) is 2.06. The summed E-state index contributed by atoms with van der Waals surface area (Å²) in [6.07, 6.45) is 16.2. The molecule has 5 aliphatic rings. The van der Waals surface area contributed by atoms with Gasteiger partial charge in [0.05, 0.1) is 0 Å². The highest BCUT2D eigenvalue weighted by Crippen LogP contribution is 2.60. The molecule has 21 heavy (non-hydrogen) atoms. The highest BCUT2D eigenvalue weighted by atomic mass is 16.2. The standard InChI is InChI=1S/C19H29NO/c1-20(18(21)9-14-4-2-3-5-14)13-19-10-15-6-16(11-19)8-17(7-15)12-19/h2,4,14-17H,3,5-13H2,1H3. The van der Waals surface area contributed by atoms with Crippen LogP contribution in [0.4, 0.5) is 0 Å². The number of carbonyl (C=O) groups is 1. The minimum absolute atomic E-state index is 0.377. The summed E-state index contributed by atoms with van der Waals surface area (Å²) in [5.74, 6) is 3.84. The first-order valence-corrected chi connectivity index (χ1v) is 9.02. The number of hydrogen-bond donors (Lipinski definition) is 0. The molecule has 5 rings (SSSR count). The van der Waals surface area contributed by atoms with E-state index in [1.54, 1.807) is 0 Å². The lowest BCUT2D eigenvalue weighted by molar-refractivity contribution is -0.136. The molecule has 0 saturated heterocycles. The predicted octanol–water partition coefficient (Wildman–Crippen LogP) is 4.02. The Balaban J connectivity index is 1.38. The molecule has 2 heteroatoms. The molecule has 0 N–H and O–H groups in total. The molecule has 4 bridgehead atoms. The average molecular weight is 287 g/mol. The molecule has 0 spiro atoms. The van der Waals surface area contributed by atoms with Gasteiger partial charge in [0.2, 0.25) is 5.91 Å². The van der Waals surface area contributed by atoms with Gasteiger partial charge in [0.1, 0.15) is 0 Å². The molecule has 0 aromatic rings. The Morgan fingerprint density at radius 1 is 1.14 bits per heavy atom. The zero-order chi connectivity index (χ0) is 14.4. The summed E-state index contributed by atoms with van der Waals surface area (Å²) in [6, 6.07) is 0. The van der Waals surface area contributed by atoms with Gasteiger partial charge in [0.25, 0.3) is 0 Å². The van der Waals surface area contributed by atoms with Crippen molar-refractivity contribution < 1.29 is 4.79 Å². The molecule has 0 aromatic heterocycles. The minimum atomic E-state index is 0.377. The van der Waals surface area contributed by atoms with Crippen molar-refractivity contribution in [1.29, 1.82) is 0 Å². The first-order valence-electron chi connectivity index (χ1n) is 9.02. The number of rotatable bonds is 4. The Morgan fingerprint density at radius 3 is 2.29 bits per heavy atom. The quantitative estimate of drug-likeness (QED) is 0.715. The third-order valence-electron chi connectivity index (χ3n) is 6.71. The van der Waals surface area contributed by atoms with Gasteiger partial charge in [-0.15, -0.1) is 0 Å². The van der Waals surface area contributed by atoms with Crippen LogP contribution in [0.15, 0.2) is 12.2 Å². The van der Waals surface area contributed by atoms with Gasteiger partial charge in [-0.1, -0.05) is 12.2 Å². The lowest BCUT2D eigenvalue weighted by atomic mass is 9.49. The molecule has 1 unspecified atom stereocenters. The fourth-order valence-electron chi connectivity index (χ4n) is 6.32. The summed E-state index contributed by atoms with van der Waals surface area (Å²) in [5.41, 5.74) is 0.491. The highest BCUT2D eigenvalue weighted by molar-refractivity contribution is 5.76. The van der Waals surface area contributed by atoms with Crippen molar-refractivity contribution in [1.82, 2.24) is 4.90 Å². The second-order valence-corrected chi connectivity index (χ2v) is 8.64. The van der Waals surface area contributed by atoms with Crippen LogP contribution in [0.5, 0.6) is 0 Å². The van der Waals surface area contributed by atoms with E-state index in [-0.39, 0.29) is 0 Å². The van der Waals surface area contributed by atoms with Gasteiger partial charge in [-0.3, -0.25) is 4.79 Å². The summed E-state index contributed by atoms with van der Waals surface area (Å²) in [4.78, 5) is 14.6. The smallest absolute Gasteiger partial charge is 0.222 e. The molecule has 1 amide bonds. The molecule has 5 aliphatic carbocycles. The van der Waals surface area contributed by atoms with E-state index in [4.69, 9.17) is 0 Å². The van der Waals surface area contributed by atoms with Crippen LogP contribution in [-0.2, 0) is 4.79 Å². The van der Waals surface area contributed by atoms with Gasteiger partial charge in [-0.05, 0) is 80.5 Å². The molecular weight excluding hydrogens is 258 g/mol. The second kappa shape index (κ2) is 5.14. The summed E-state index contributed by atoms with van der Waals surface area (Å²) >= 11 is 0. The highest BCUT2D eigenvalue weighted by Gasteiger charge is 2.51. The van der Waals surface area contributed by atoms with Gasteiger partial charge in [-0.25, -0.2) is 0 Å².